The Labute approximate surface area is 214 Å². The molecule has 0 radical (unpaired) electrons. The Morgan fingerprint density at radius 3 is 2.74 bits per heavy atom. The Kier molecular flexibility index (Phi) is 5.39. The van der Waals surface area contributed by atoms with E-state index in [-0.39, 0.29) is 30.4 Å². The van der Waals surface area contributed by atoms with Crippen LogP contribution in [0.5, 0.6) is 5.75 Å². The van der Waals surface area contributed by atoms with Gasteiger partial charge >= 0.3 is 0 Å². The first-order chi connectivity index (χ1) is 16.5. The molecule has 3 aliphatic rings. The molecule has 7 nitrogen and oxygen atoms in total. The van der Waals surface area contributed by atoms with E-state index in [4.69, 9.17) is 15.5 Å². The zero-order valence-corrected chi connectivity index (χ0v) is 21.6. The Bertz CT molecular complexity index is 1450. The van der Waals surface area contributed by atoms with Gasteiger partial charge in [-0.2, -0.15) is 0 Å². The van der Waals surface area contributed by atoms with Gasteiger partial charge in [-0.25, -0.2) is 4.98 Å². The molecule has 35 heavy (non-hydrogen) atoms. The molecule has 3 aromatic heterocycles. The van der Waals surface area contributed by atoms with E-state index < -0.39 is 0 Å². The van der Waals surface area contributed by atoms with E-state index in [9.17, 15) is 4.79 Å². The number of nitrogens with two attached hydrogens (primary N) is 1. The van der Waals surface area contributed by atoms with Crippen LogP contribution in [0.25, 0.3) is 32.8 Å². The van der Waals surface area contributed by atoms with Crippen molar-refractivity contribution in [2.24, 2.45) is 24.6 Å². The third-order valence-electron chi connectivity index (χ3n) is 8.18. The molecule has 0 spiro atoms. The van der Waals surface area contributed by atoms with Crippen molar-refractivity contribution >= 4 is 50.9 Å². The largest absolute Gasteiger partial charge is 0.494 e. The zero-order chi connectivity index (χ0) is 23.1. The van der Waals surface area contributed by atoms with Gasteiger partial charge in [0.1, 0.15) is 16.1 Å². The van der Waals surface area contributed by atoms with Gasteiger partial charge in [0.05, 0.1) is 18.3 Å². The highest BCUT2D eigenvalue weighted by Gasteiger charge is 2.47. The average Bonchev–Trinajstić information content (AvgIpc) is 3.12. The molecular formula is C26H30ClN5O2S. The van der Waals surface area contributed by atoms with Gasteiger partial charge in [-0.3, -0.25) is 4.79 Å². The standard InChI is InChI=1S/C26H29N5O2S.ClH/c1-29-23-18(28-24(29)20-10-15-7-8-34-26(15)31(20)12-14-3-4-14)9-17(11-21(23)33-2)25(32)30-13-16-5-6-19(30)22(16)27;/h7-11,14,16,19,22H,3-6,12-13,27H2,1-2H3;1H/t16-,19-,22-;/m1./s1. The molecule has 1 amide bonds. The maximum Gasteiger partial charge on any atom is 0.254 e. The van der Waals surface area contributed by atoms with Crippen molar-refractivity contribution in [1.82, 2.24) is 19.0 Å². The van der Waals surface area contributed by atoms with Crippen molar-refractivity contribution in [3.05, 3.63) is 35.2 Å². The fourth-order valence-electron chi connectivity index (χ4n) is 6.17. The summed E-state index contributed by atoms with van der Waals surface area (Å²) < 4.78 is 10.3. The van der Waals surface area contributed by atoms with Gasteiger partial charge < -0.3 is 24.5 Å². The molecular weight excluding hydrogens is 482 g/mol. The van der Waals surface area contributed by atoms with Crippen molar-refractivity contribution in [3.63, 3.8) is 0 Å². The van der Waals surface area contributed by atoms with Crippen LogP contribution in [0, 0.1) is 11.8 Å². The SMILES string of the molecule is COc1cc(C(=O)N2C[C@H]3CC[C@@H]2[C@@H]3N)cc2nc(-c3cc4ccsc4n3CC3CC3)n(C)c12.Cl. The average molecular weight is 512 g/mol. The number of hydrogen-bond acceptors (Lipinski definition) is 5. The number of fused-ring (bicyclic) bond motifs is 4. The maximum atomic E-state index is 13.5. The molecule has 7 rings (SSSR count). The van der Waals surface area contributed by atoms with Crippen molar-refractivity contribution < 1.29 is 9.53 Å². The van der Waals surface area contributed by atoms with E-state index >= 15 is 0 Å². The molecule has 2 N–H and O–H groups in total. The van der Waals surface area contributed by atoms with Crippen LogP contribution < -0.4 is 10.5 Å². The van der Waals surface area contributed by atoms with Crippen molar-refractivity contribution in [3.8, 4) is 17.3 Å². The molecule has 4 aromatic rings. The second-order valence-corrected chi connectivity index (χ2v) is 11.1. The molecule has 2 aliphatic carbocycles. The third-order valence-corrected chi connectivity index (χ3v) is 9.14. The third kappa shape index (κ3) is 3.41. The number of halogens is 1. The van der Waals surface area contributed by atoms with Gasteiger partial charge in [-0.05, 0) is 67.2 Å². The number of benzene rings is 1. The number of amides is 1. The van der Waals surface area contributed by atoms with Crippen LogP contribution >= 0.6 is 23.7 Å². The van der Waals surface area contributed by atoms with Gasteiger partial charge in [-0.15, -0.1) is 23.7 Å². The normalized spacial score (nSPS) is 23.4. The van der Waals surface area contributed by atoms with Crippen molar-refractivity contribution in [2.45, 2.75) is 44.3 Å². The number of methoxy groups -OCH3 is 1. The second-order valence-electron chi connectivity index (χ2n) is 10.2. The summed E-state index contributed by atoms with van der Waals surface area (Å²) in [5.41, 5.74) is 9.82. The summed E-state index contributed by atoms with van der Waals surface area (Å²) in [6.07, 6.45) is 4.72. The summed E-state index contributed by atoms with van der Waals surface area (Å²) in [6, 6.07) is 8.48. The molecule has 2 saturated carbocycles. The van der Waals surface area contributed by atoms with Gasteiger partial charge in [0.15, 0.2) is 5.82 Å². The Morgan fingerprint density at radius 1 is 1.23 bits per heavy atom. The molecule has 9 heteroatoms. The molecule has 4 heterocycles. The smallest absolute Gasteiger partial charge is 0.254 e. The fourth-order valence-corrected chi connectivity index (χ4v) is 7.07. The monoisotopic (exact) mass is 511 g/mol. The lowest BCUT2D eigenvalue weighted by atomic mass is 10.1. The number of aromatic nitrogens is 3. The molecule has 1 saturated heterocycles. The van der Waals surface area contributed by atoms with E-state index in [1.165, 1.54) is 23.1 Å². The van der Waals surface area contributed by atoms with Crippen LogP contribution in [0.2, 0.25) is 0 Å². The van der Waals surface area contributed by atoms with E-state index in [2.05, 4.69) is 26.6 Å². The molecule has 1 aliphatic heterocycles. The number of aryl methyl sites for hydroxylation is 1. The van der Waals surface area contributed by atoms with Crippen LogP contribution in [0.4, 0.5) is 0 Å². The lowest BCUT2D eigenvalue weighted by Gasteiger charge is -2.27. The fraction of sp³-hybridized carbons (Fsp3) is 0.462. The van der Waals surface area contributed by atoms with E-state index in [0.29, 0.717) is 17.2 Å². The molecule has 2 bridgehead atoms. The highest BCUT2D eigenvalue weighted by Crippen LogP contribution is 2.40. The Morgan fingerprint density at radius 2 is 2.06 bits per heavy atom. The number of piperidine rings is 1. The minimum Gasteiger partial charge on any atom is -0.494 e. The maximum absolute atomic E-state index is 13.5. The van der Waals surface area contributed by atoms with E-state index in [1.807, 2.05) is 24.1 Å². The summed E-state index contributed by atoms with van der Waals surface area (Å²) in [5, 5.41) is 3.42. The van der Waals surface area contributed by atoms with Crippen LogP contribution in [-0.4, -0.2) is 50.7 Å². The van der Waals surface area contributed by atoms with Gasteiger partial charge in [0.25, 0.3) is 5.91 Å². The number of hydrogen-bond donors (Lipinski definition) is 1. The lowest BCUT2D eigenvalue weighted by Crippen LogP contribution is -2.41. The number of likely N-dealkylation sites (tertiary alicyclic amines) is 1. The summed E-state index contributed by atoms with van der Waals surface area (Å²) in [5.74, 6) is 2.80. The van der Waals surface area contributed by atoms with Crippen LogP contribution in [0.15, 0.2) is 29.6 Å². The first-order valence-electron chi connectivity index (χ1n) is 12.2. The minimum atomic E-state index is 0. The quantitative estimate of drug-likeness (QED) is 0.422. The number of thiophene rings is 1. The summed E-state index contributed by atoms with van der Waals surface area (Å²) in [4.78, 5) is 21.8. The highest BCUT2D eigenvalue weighted by atomic mass is 35.5. The topological polar surface area (TPSA) is 78.3 Å². The first kappa shape index (κ1) is 22.9. The van der Waals surface area contributed by atoms with Crippen LogP contribution in [0.3, 0.4) is 0 Å². The summed E-state index contributed by atoms with van der Waals surface area (Å²) >= 11 is 1.79. The van der Waals surface area contributed by atoms with Crippen molar-refractivity contribution in [1.29, 1.82) is 0 Å². The number of carbonyl (C=O) groups is 1. The summed E-state index contributed by atoms with van der Waals surface area (Å²) in [6.45, 7) is 1.78. The van der Waals surface area contributed by atoms with E-state index in [0.717, 1.165) is 54.4 Å². The first-order valence-corrected chi connectivity index (χ1v) is 13.1. The predicted octanol–water partition coefficient (Wildman–Crippen LogP) is 4.66. The van der Waals surface area contributed by atoms with Gasteiger partial charge in [0.2, 0.25) is 0 Å². The minimum absolute atomic E-state index is 0. The van der Waals surface area contributed by atoms with Gasteiger partial charge in [-0.1, -0.05) is 0 Å². The predicted molar refractivity (Wildman–Crippen MR) is 142 cm³/mol. The van der Waals surface area contributed by atoms with Crippen LogP contribution in [0.1, 0.15) is 36.0 Å². The zero-order valence-electron chi connectivity index (χ0n) is 19.9. The number of nitrogens with zero attached hydrogens (tertiary/aromatic N) is 4. The summed E-state index contributed by atoms with van der Waals surface area (Å²) in [7, 11) is 3.70. The van der Waals surface area contributed by atoms with Gasteiger partial charge in [0, 0.05) is 43.2 Å². The van der Waals surface area contributed by atoms with Crippen LogP contribution in [-0.2, 0) is 13.6 Å². The number of imidazole rings is 1. The highest BCUT2D eigenvalue weighted by molar-refractivity contribution is 7.16. The Balaban J connectivity index is 0.00000229. The molecule has 184 valence electrons. The molecule has 1 aromatic carbocycles. The number of rotatable bonds is 5. The second kappa shape index (κ2) is 8.25. The molecule has 0 unspecified atom stereocenters. The van der Waals surface area contributed by atoms with Crippen molar-refractivity contribution in [2.75, 3.05) is 13.7 Å². The lowest BCUT2D eigenvalue weighted by molar-refractivity contribution is 0.0700. The Hall–Kier alpha value is -2.55. The number of ether oxygens (including phenoxy) is 1. The molecule has 3 atom stereocenters. The van der Waals surface area contributed by atoms with E-state index in [1.54, 1.807) is 18.4 Å². The molecule has 3 fully saturated rings. The number of carbonyl (C=O) groups excluding carboxylic acids is 1.